The van der Waals surface area contributed by atoms with Gasteiger partial charge in [0, 0.05) is 10.7 Å². The predicted octanol–water partition coefficient (Wildman–Crippen LogP) is 4.69. The van der Waals surface area contributed by atoms with E-state index in [9.17, 15) is 4.79 Å². The highest BCUT2D eigenvalue weighted by Crippen LogP contribution is 2.21. The van der Waals surface area contributed by atoms with Gasteiger partial charge in [0.2, 0.25) is 5.91 Å². The van der Waals surface area contributed by atoms with Crippen LogP contribution in [0.25, 0.3) is 11.1 Å². The molecule has 0 unspecified atom stereocenters. The van der Waals surface area contributed by atoms with Crippen molar-refractivity contribution in [3.8, 4) is 11.1 Å². The molecule has 1 N–H and O–H groups in total. The van der Waals surface area contributed by atoms with Gasteiger partial charge in [-0.1, -0.05) is 64.5 Å². The molecule has 0 radical (unpaired) electrons. The largest absolute Gasteiger partial charge is 0.310 e. The molecule has 1 aromatic heterocycles. The Balaban J connectivity index is 1.73. The van der Waals surface area contributed by atoms with Crippen molar-refractivity contribution in [1.82, 2.24) is 4.98 Å². The van der Waals surface area contributed by atoms with Crippen molar-refractivity contribution < 1.29 is 4.79 Å². The Kier molecular flexibility index (Phi) is 4.83. The van der Waals surface area contributed by atoms with E-state index in [1.807, 2.05) is 66.7 Å². The third-order valence-corrected chi connectivity index (χ3v) is 4.22. The minimum atomic E-state index is -0.0883. The van der Waals surface area contributed by atoms with Gasteiger partial charge in [0.05, 0.1) is 6.42 Å². The zero-order chi connectivity index (χ0) is 16.1. The number of benzene rings is 2. The van der Waals surface area contributed by atoms with Gasteiger partial charge in [-0.3, -0.25) is 4.79 Å². The van der Waals surface area contributed by atoms with Crippen LogP contribution in [0.3, 0.4) is 0 Å². The number of nitrogens with zero attached hydrogens (tertiary/aromatic N) is 1. The molecule has 114 valence electrons. The molecule has 3 nitrogen and oxygen atoms in total. The Morgan fingerprint density at radius 1 is 0.957 bits per heavy atom. The lowest BCUT2D eigenvalue weighted by atomic mass is 10.1. The zero-order valence-corrected chi connectivity index (χ0v) is 14.0. The van der Waals surface area contributed by atoms with Crippen molar-refractivity contribution in [2.45, 2.75) is 6.42 Å². The molecule has 0 fully saturated rings. The molecule has 2 aromatic carbocycles. The highest BCUT2D eigenvalue weighted by molar-refractivity contribution is 9.10. The van der Waals surface area contributed by atoms with E-state index < -0.39 is 0 Å². The number of rotatable bonds is 4. The van der Waals surface area contributed by atoms with Gasteiger partial charge in [-0.25, -0.2) is 4.98 Å². The molecule has 0 aliphatic heterocycles. The molecule has 4 heteroatoms. The summed E-state index contributed by atoms with van der Waals surface area (Å²) < 4.78 is 0.932. The minimum Gasteiger partial charge on any atom is -0.310 e. The highest BCUT2D eigenvalue weighted by Gasteiger charge is 2.08. The third kappa shape index (κ3) is 4.05. The van der Waals surface area contributed by atoms with Crippen LogP contribution in [-0.2, 0) is 11.2 Å². The van der Waals surface area contributed by atoms with E-state index in [1.54, 1.807) is 6.20 Å². The van der Waals surface area contributed by atoms with Crippen molar-refractivity contribution in [3.05, 3.63) is 83.0 Å². The third-order valence-electron chi connectivity index (χ3n) is 3.44. The molecular formula is C19H15BrN2O. The van der Waals surface area contributed by atoms with Crippen LogP contribution in [0, 0.1) is 0 Å². The number of carbonyl (C=O) groups is 1. The average molecular weight is 367 g/mol. The van der Waals surface area contributed by atoms with Crippen LogP contribution >= 0.6 is 15.9 Å². The number of pyridine rings is 1. The molecule has 0 bridgehead atoms. The Labute approximate surface area is 143 Å². The Bertz CT molecular complexity index is 818. The number of aromatic nitrogens is 1. The Morgan fingerprint density at radius 3 is 2.48 bits per heavy atom. The number of halogens is 1. The van der Waals surface area contributed by atoms with Crippen LogP contribution < -0.4 is 5.32 Å². The SMILES string of the molecule is O=C(Cc1ccccc1Br)Nc1cc(-c2ccccc2)ccn1. The van der Waals surface area contributed by atoms with Crippen molar-refractivity contribution in [2.75, 3.05) is 5.32 Å². The van der Waals surface area contributed by atoms with Gasteiger partial charge in [-0.2, -0.15) is 0 Å². The molecule has 1 amide bonds. The minimum absolute atomic E-state index is 0.0883. The van der Waals surface area contributed by atoms with Gasteiger partial charge in [0.25, 0.3) is 0 Å². The second-order valence-corrected chi connectivity index (χ2v) is 5.97. The van der Waals surface area contributed by atoms with Crippen LogP contribution in [-0.4, -0.2) is 10.9 Å². The van der Waals surface area contributed by atoms with Gasteiger partial charge in [0.15, 0.2) is 0 Å². The molecule has 0 atom stereocenters. The first-order chi connectivity index (χ1) is 11.2. The Hall–Kier alpha value is -2.46. The zero-order valence-electron chi connectivity index (χ0n) is 12.4. The molecule has 1 heterocycles. The first kappa shape index (κ1) is 15.4. The summed E-state index contributed by atoms with van der Waals surface area (Å²) in [7, 11) is 0. The Morgan fingerprint density at radius 2 is 1.70 bits per heavy atom. The maximum absolute atomic E-state index is 12.2. The van der Waals surface area contributed by atoms with E-state index in [0.29, 0.717) is 12.2 Å². The normalized spacial score (nSPS) is 10.3. The predicted molar refractivity (Wildman–Crippen MR) is 96.1 cm³/mol. The molecule has 3 aromatic rings. The first-order valence-electron chi connectivity index (χ1n) is 7.27. The fraction of sp³-hybridized carbons (Fsp3) is 0.0526. The number of hydrogen-bond acceptors (Lipinski definition) is 2. The van der Waals surface area contributed by atoms with Crippen molar-refractivity contribution >= 4 is 27.7 Å². The quantitative estimate of drug-likeness (QED) is 0.727. The summed E-state index contributed by atoms with van der Waals surface area (Å²) in [5.41, 5.74) is 3.07. The summed E-state index contributed by atoms with van der Waals surface area (Å²) >= 11 is 3.46. The maximum Gasteiger partial charge on any atom is 0.229 e. The van der Waals surface area contributed by atoms with E-state index in [1.165, 1.54) is 0 Å². The van der Waals surface area contributed by atoms with E-state index in [0.717, 1.165) is 21.2 Å². The van der Waals surface area contributed by atoms with Gasteiger partial charge >= 0.3 is 0 Å². The van der Waals surface area contributed by atoms with Crippen molar-refractivity contribution in [2.24, 2.45) is 0 Å². The number of carbonyl (C=O) groups excluding carboxylic acids is 1. The summed E-state index contributed by atoms with van der Waals surface area (Å²) in [6, 6.07) is 21.5. The van der Waals surface area contributed by atoms with Gasteiger partial charge < -0.3 is 5.32 Å². The summed E-state index contributed by atoms with van der Waals surface area (Å²) in [5, 5.41) is 2.86. The molecule has 0 aliphatic rings. The number of nitrogens with one attached hydrogen (secondary N) is 1. The lowest BCUT2D eigenvalue weighted by Crippen LogP contribution is -2.15. The van der Waals surface area contributed by atoms with Gasteiger partial charge in [0.1, 0.15) is 5.82 Å². The molecule has 0 aliphatic carbocycles. The lowest BCUT2D eigenvalue weighted by Gasteiger charge is -2.08. The fourth-order valence-electron chi connectivity index (χ4n) is 2.31. The number of anilines is 1. The van der Waals surface area contributed by atoms with E-state index in [-0.39, 0.29) is 5.91 Å². The second kappa shape index (κ2) is 7.20. The monoisotopic (exact) mass is 366 g/mol. The smallest absolute Gasteiger partial charge is 0.229 e. The van der Waals surface area contributed by atoms with Crippen molar-refractivity contribution in [1.29, 1.82) is 0 Å². The van der Waals surface area contributed by atoms with Crippen LogP contribution in [0.5, 0.6) is 0 Å². The maximum atomic E-state index is 12.2. The fourth-order valence-corrected chi connectivity index (χ4v) is 2.74. The summed E-state index contributed by atoms with van der Waals surface area (Å²) in [5.74, 6) is 0.470. The van der Waals surface area contributed by atoms with Gasteiger partial charge in [-0.05, 0) is 34.9 Å². The first-order valence-corrected chi connectivity index (χ1v) is 8.06. The standard InChI is InChI=1S/C19H15BrN2O/c20-17-9-5-4-8-16(17)13-19(23)22-18-12-15(10-11-21-18)14-6-2-1-3-7-14/h1-12H,13H2,(H,21,22,23). The highest BCUT2D eigenvalue weighted by atomic mass is 79.9. The molecular weight excluding hydrogens is 352 g/mol. The van der Waals surface area contributed by atoms with Crippen LogP contribution in [0.2, 0.25) is 0 Å². The van der Waals surface area contributed by atoms with E-state index >= 15 is 0 Å². The number of amides is 1. The second-order valence-electron chi connectivity index (χ2n) is 5.11. The summed E-state index contributed by atoms with van der Waals surface area (Å²) in [6.07, 6.45) is 2.01. The van der Waals surface area contributed by atoms with E-state index in [4.69, 9.17) is 0 Å². The molecule has 0 saturated heterocycles. The molecule has 0 saturated carbocycles. The van der Waals surface area contributed by atoms with Crippen LogP contribution in [0.1, 0.15) is 5.56 Å². The van der Waals surface area contributed by atoms with E-state index in [2.05, 4.69) is 26.2 Å². The summed E-state index contributed by atoms with van der Waals surface area (Å²) in [6.45, 7) is 0. The average Bonchev–Trinajstić information content (AvgIpc) is 2.58. The van der Waals surface area contributed by atoms with Crippen LogP contribution in [0.15, 0.2) is 77.4 Å². The molecule has 0 spiro atoms. The van der Waals surface area contributed by atoms with Crippen molar-refractivity contribution in [3.63, 3.8) is 0 Å². The lowest BCUT2D eigenvalue weighted by molar-refractivity contribution is -0.115. The topological polar surface area (TPSA) is 42.0 Å². The van der Waals surface area contributed by atoms with Gasteiger partial charge in [-0.15, -0.1) is 0 Å². The molecule has 23 heavy (non-hydrogen) atoms. The van der Waals surface area contributed by atoms with Crippen LogP contribution in [0.4, 0.5) is 5.82 Å². The number of hydrogen-bond donors (Lipinski definition) is 1. The summed E-state index contributed by atoms with van der Waals surface area (Å²) in [4.78, 5) is 16.4. The molecule has 3 rings (SSSR count).